The highest BCUT2D eigenvalue weighted by molar-refractivity contribution is 6.42. The molecule has 0 saturated heterocycles. The number of benzene rings is 1. The molecule has 0 heterocycles. The second-order valence-corrected chi connectivity index (χ2v) is 5.10. The Labute approximate surface area is 114 Å². The Hall–Kier alpha value is -0.280. The summed E-state index contributed by atoms with van der Waals surface area (Å²) in [5.74, 6) is 0. The average Bonchev–Trinajstić information content (AvgIpc) is 2.29. The lowest BCUT2D eigenvalue weighted by Gasteiger charge is -2.34. The van der Waals surface area contributed by atoms with Crippen molar-refractivity contribution in [1.82, 2.24) is 4.90 Å². The molecule has 1 rings (SSSR count). The molecule has 0 saturated carbocycles. The topological polar surface area (TPSA) is 29.3 Å². The van der Waals surface area contributed by atoms with Gasteiger partial charge in [0.2, 0.25) is 0 Å². The molecule has 0 aliphatic carbocycles. The van der Waals surface area contributed by atoms with Crippen LogP contribution in [-0.2, 0) is 0 Å². The van der Waals surface area contributed by atoms with Crippen molar-refractivity contribution in [2.75, 3.05) is 13.1 Å². The van der Waals surface area contributed by atoms with Crippen molar-refractivity contribution >= 4 is 23.2 Å². The lowest BCUT2D eigenvalue weighted by atomic mass is 10.0. The Morgan fingerprint density at radius 3 is 2.41 bits per heavy atom. The molecule has 2 nitrogen and oxygen atoms in total. The van der Waals surface area contributed by atoms with Gasteiger partial charge in [-0.2, -0.15) is 0 Å². The van der Waals surface area contributed by atoms with E-state index in [0.29, 0.717) is 22.6 Å². The van der Waals surface area contributed by atoms with Gasteiger partial charge < -0.3 is 5.73 Å². The third kappa shape index (κ3) is 3.35. The SMILES string of the molecule is CCN(C(C)C)C(CN)c1cccc(Cl)c1Cl. The number of rotatable bonds is 5. The Balaban J connectivity index is 3.12. The maximum absolute atomic E-state index is 6.26. The van der Waals surface area contributed by atoms with E-state index in [1.54, 1.807) is 6.07 Å². The molecule has 0 aliphatic heterocycles. The molecule has 1 aromatic carbocycles. The van der Waals surface area contributed by atoms with Crippen LogP contribution in [0.4, 0.5) is 0 Å². The molecule has 1 aromatic rings. The first-order valence-electron chi connectivity index (χ1n) is 5.92. The maximum Gasteiger partial charge on any atom is 0.0640 e. The predicted molar refractivity (Wildman–Crippen MR) is 75.8 cm³/mol. The van der Waals surface area contributed by atoms with Crippen LogP contribution in [0.2, 0.25) is 10.0 Å². The summed E-state index contributed by atoms with van der Waals surface area (Å²) in [5.41, 5.74) is 6.91. The van der Waals surface area contributed by atoms with Crippen LogP contribution >= 0.6 is 23.2 Å². The second kappa shape index (κ2) is 6.60. The number of nitrogens with zero attached hydrogens (tertiary/aromatic N) is 1. The van der Waals surface area contributed by atoms with E-state index < -0.39 is 0 Å². The van der Waals surface area contributed by atoms with Gasteiger partial charge in [0.15, 0.2) is 0 Å². The molecule has 1 atom stereocenters. The summed E-state index contributed by atoms with van der Waals surface area (Å²) in [6, 6.07) is 6.25. The zero-order valence-corrected chi connectivity index (χ0v) is 12.1. The van der Waals surface area contributed by atoms with Gasteiger partial charge in [-0.1, -0.05) is 42.3 Å². The standard InChI is InChI=1S/C13H20Cl2N2/c1-4-17(9(2)3)12(8-16)10-6-5-7-11(14)13(10)15/h5-7,9,12H,4,8,16H2,1-3H3. The van der Waals surface area contributed by atoms with Crippen LogP contribution in [0.3, 0.4) is 0 Å². The normalized spacial score (nSPS) is 13.4. The van der Waals surface area contributed by atoms with Crippen LogP contribution in [0.25, 0.3) is 0 Å². The van der Waals surface area contributed by atoms with Crippen LogP contribution in [0.1, 0.15) is 32.4 Å². The van der Waals surface area contributed by atoms with E-state index in [9.17, 15) is 0 Å². The Morgan fingerprint density at radius 1 is 1.29 bits per heavy atom. The minimum Gasteiger partial charge on any atom is -0.329 e. The van der Waals surface area contributed by atoms with Gasteiger partial charge >= 0.3 is 0 Å². The van der Waals surface area contributed by atoms with E-state index in [4.69, 9.17) is 28.9 Å². The molecule has 0 aliphatic rings. The molecular weight excluding hydrogens is 255 g/mol. The highest BCUT2D eigenvalue weighted by Gasteiger charge is 2.22. The van der Waals surface area contributed by atoms with Crippen molar-refractivity contribution in [3.8, 4) is 0 Å². The molecule has 0 spiro atoms. The molecule has 1 unspecified atom stereocenters. The van der Waals surface area contributed by atoms with E-state index in [0.717, 1.165) is 12.1 Å². The molecular formula is C13H20Cl2N2. The van der Waals surface area contributed by atoms with Crippen molar-refractivity contribution in [3.63, 3.8) is 0 Å². The quantitative estimate of drug-likeness (QED) is 0.887. The average molecular weight is 275 g/mol. The van der Waals surface area contributed by atoms with Crippen molar-refractivity contribution in [2.45, 2.75) is 32.9 Å². The first kappa shape index (κ1) is 14.8. The van der Waals surface area contributed by atoms with E-state index in [2.05, 4.69) is 25.7 Å². The van der Waals surface area contributed by atoms with Gasteiger partial charge in [-0.3, -0.25) is 4.90 Å². The minimum atomic E-state index is 0.117. The fourth-order valence-corrected chi connectivity index (χ4v) is 2.60. The van der Waals surface area contributed by atoms with Crippen molar-refractivity contribution in [1.29, 1.82) is 0 Å². The molecule has 17 heavy (non-hydrogen) atoms. The third-order valence-corrected chi connectivity index (χ3v) is 3.83. The summed E-state index contributed by atoms with van der Waals surface area (Å²) in [6.07, 6.45) is 0. The molecule has 0 fully saturated rings. The molecule has 0 aromatic heterocycles. The van der Waals surface area contributed by atoms with Gasteiger partial charge in [-0.15, -0.1) is 0 Å². The van der Waals surface area contributed by atoms with Gasteiger partial charge in [0, 0.05) is 18.6 Å². The van der Waals surface area contributed by atoms with Gasteiger partial charge in [-0.05, 0) is 32.0 Å². The van der Waals surface area contributed by atoms with Gasteiger partial charge in [0.1, 0.15) is 0 Å². The van der Waals surface area contributed by atoms with Crippen LogP contribution < -0.4 is 5.73 Å². The van der Waals surface area contributed by atoms with E-state index >= 15 is 0 Å². The Kier molecular flexibility index (Phi) is 5.74. The highest BCUT2D eigenvalue weighted by Crippen LogP contribution is 2.32. The fraction of sp³-hybridized carbons (Fsp3) is 0.538. The maximum atomic E-state index is 6.26. The van der Waals surface area contributed by atoms with E-state index in [1.807, 2.05) is 12.1 Å². The first-order chi connectivity index (χ1) is 8.02. The number of nitrogens with two attached hydrogens (primary N) is 1. The smallest absolute Gasteiger partial charge is 0.0640 e. The summed E-state index contributed by atoms with van der Waals surface area (Å²) in [5, 5.41) is 1.20. The molecule has 0 radical (unpaired) electrons. The molecule has 96 valence electrons. The van der Waals surface area contributed by atoms with Crippen LogP contribution in [0.15, 0.2) is 18.2 Å². The number of likely N-dealkylation sites (N-methyl/N-ethyl adjacent to an activating group) is 1. The lowest BCUT2D eigenvalue weighted by Crippen LogP contribution is -2.38. The third-order valence-electron chi connectivity index (χ3n) is 2.99. The van der Waals surface area contributed by atoms with Gasteiger partial charge in [-0.25, -0.2) is 0 Å². The van der Waals surface area contributed by atoms with Gasteiger partial charge in [0.25, 0.3) is 0 Å². The van der Waals surface area contributed by atoms with Crippen LogP contribution in [0.5, 0.6) is 0 Å². The van der Waals surface area contributed by atoms with E-state index in [1.165, 1.54) is 0 Å². The van der Waals surface area contributed by atoms with Crippen LogP contribution in [-0.4, -0.2) is 24.0 Å². The van der Waals surface area contributed by atoms with Crippen molar-refractivity contribution in [3.05, 3.63) is 33.8 Å². The summed E-state index contributed by atoms with van der Waals surface area (Å²) < 4.78 is 0. The molecule has 2 N–H and O–H groups in total. The molecule has 0 amide bonds. The zero-order valence-electron chi connectivity index (χ0n) is 10.6. The summed E-state index contributed by atoms with van der Waals surface area (Å²) >= 11 is 12.3. The number of hydrogen-bond donors (Lipinski definition) is 1. The summed E-state index contributed by atoms with van der Waals surface area (Å²) in [6.45, 7) is 7.91. The summed E-state index contributed by atoms with van der Waals surface area (Å²) in [7, 11) is 0. The minimum absolute atomic E-state index is 0.117. The molecule has 0 bridgehead atoms. The zero-order chi connectivity index (χ0) is 13.0. The van der Waals surface area contributed by atoms with Gasteiger partial charge in [0.05, 0.1) is 10.0 Å². The number of hydrogen-bond acceptors (Lipinski definition) is 2. The Bertz CT molecular complexity index is 366. The Morgan fingerprint density at radius 2 is 1.94 bits per heavy atom. The first-order valence-corrected chi connectivity index (χ1v) is 6.68. The van der Waals surface area contributed by atoms with Crippen molar-refractivity contribution < 1.29 is 0 Å². The summed E-state index contributed by atoms with van der Waals surface area (Å²) in [4.78, 5) is 2.32. The van der Waals surface area contributed by atoms with Crippen LogP contribution in [0, 0.1) is 0 Å². The molecule has 4 heteroatoms. The van der Waals surface area contributed by atoms with E-state index in [-0.39, 0.29) is 6.04 Å². The predicted octanol–water partition coefficient (Wildman–Crippen LogP) is 3.72. The van der Waals surface area contributed by atoms with Crippen molar-refractivity contribution in [2.24, 2.45) is 5.73 Å². The monoisotopic (exact) mass is 274 g/mol. The number of halogens is 2. The second-order valence-electron chi connectivity index (χ2n) is 4.32. The fourth-order valence-electron chi connectivity index (χ4n) is 2.16. The lowest BCUT2D eigenvalue weighted by molar-refractivity contribution is 0.166. The highest BCUT2D eigenvalue weighted by atomic mass is 35.5. The largest absolute Gasteiger partial charge is 0.329 e.